The number of furan rings is 1. The SMILES string of the molecule is COc1ccc(C(=O)N/C(=C\c2ccco2)C(=O)NCc2ccccc2C)cc1OC. The van der Waals surface area contributed by atoms with Gasteiger partial charge in [-0.25, -0.2) is 0 Å². The summed E-state index contributed by atoms with van der Waals surface area (Å²) in [6, 6.07) is 15.9. The van der Waals surface area contributed by atoms with Crippen molar-refractivity contribution in [1.82, 2.24) is 10.6 Å². The van der Waals surface area contributed by atoms with E-state index in [4.69, 9.17) is 13.9 Å². The van der Waals surface area contributed by atoms with Crippen LogP contribution in [0.15, 0.2) is 71.0 Å². The van der Waals surface area contributed by atoms with Crippen LogP contribution in [0, 0.1) is 6.92 Å². The standard InChI is InChI=1S/C24H24N2O5/c1-16-7-4-5-8-18(16)15-25-24(28)20(14-19-9-6-12-31-19)26-23(27)17-10-11-21(29-2)22(13-17)30-3/h4-14H,15H2,1-3H3,(H,25,28)(H,26,27)/b20-14-. The van der Waals surface area contributed by atoms with Gasteiger partial charge in [0.2, 0.25) is 0 Å². The van der Waals surface area contributed by atoms with Crippen LogP contribution >= 0.6 is 0 Å². The van der Waals surface area contributed by atoms with Crippen molar-refractivity contribution in [3.8, 4) is 11.5 Å². The summed E-state index contributed by atoms with van der Waals surface area (Å²) in [4.78, 5) is 25.7. The minimum absolute atomic E-state index is 0.0586. The molecular formula is C24H24N2O5. The van der Waals surface area contributed by atoms with Gasteiger partial charge in [-0.15, -0.1) is 0 Å². The molecule has 2 aromatic carbocycles. The van der Waals surface area contributed by atoms with Gasteiger partial charge in [0.05, 0.1) is 20.5 Å². The number of benzene rings is 2. The highest BCUT2D eigenvalue weighted by Gasteiger charge is 2.17. The molecule has 0 radical (unpaired) electrons. The fourth-order valence-corrected chi connectivity index (χ4v) is 2.93. The zero-order valence-electron chi connectivity index (χ0n) is 17.6. The number of amides is 2. The van der Waals surface area contributed by atoms with Crippen LogP contribution in [-0.4, -0.2) is 26.0 Å². The molecule has 0 aliphatic carbocycles. The Balaban J connectivity index is 1.80. The van der Waals surface area contributed by atoms with Crippen LogP contribution in [0.1, 0.15) is 27.2 Å². The number of carbonyl (C=O) groups excluding carboxylic acids is 2. The van der Waals surface area contributed by atoms with Gasteiger partial charge in [0.25, 0.3) is 11.8 Å². The van der Waals surface area contributed by atoms with Gasteiger partial charge in [0.1, 0.15) is 11.5 Å². The van der Waals surface area contributed by atoms with Gasteiger partial charge in [-0.1, -0.05) is 24.3 Å². The third kappa shape index (κ3) is 5.54. The normalized spacial score (nSPS) is 11.0. The summed E-state index contributed by atoms with van der Waals surface area (Å²) in [5.74, 6) is 0.448. The van der Waals surface area contributed by atoms with Crippen molar-refractivity contribution in [1.29, 1.82) is 0 Å². The summed E-state index contributed by atoms with van der Waals surface area (Å²) in [5, 5.41) is 5.51. The van der Waals surface area contributed by atoms with Gasteiger partial charge in [-0.2, -0.15) is 0 Å². The predicted molar refractivity (Wildman–Crippen MR) is 117 cm³/mol. The number of methoxy groups -OCH3 is 2. The van der Waals surface area contributed by atoms with Crippen molar-refractivity contribution in [2.75, 3.05) is 14.2 Å². The molecule has 3 rings (SSSR count). The molecule has 7 nitrogen and oxygen atoms in total. The van der Waals surface area contributed by atoms with E-state index in [1.54, 1.807) is 30.3 Å². The quantitative estimate of drug-likeness (QED) is 0.543. The maximum absolute atomic E-state index is 12.9. The summed E-state index contributed by atoms with van der Waals surface area (Å²) < 4.78 is 15.8. The molecule has 3 aromatic rings. The minimum atomic E-state index is -0.468. The maximum atomic E-state index is 12.9. The smallest absolute Gasteiger partial charge is 0.268 e. The molecule has 0 fully saturated rings. The van der Waals surface area contributed by atoms with Crippen LogP contribution in [0.5, 0.6) is 11.5 Å². The van der Waals surface area contributed by atoms with Gasteiger partial charge < -0.3 is 24.5 Å². The molecule has 0 unspecified atom stereocenters. The summed E-state index contributed by atoms with van der Waals surface area (Å²) in [7, 11) is 3.00. The van der Waals surface area contributed by atoms with Crippen LogP contribution in [0.25, 0.3) is 6.08 Å². The molecule has 7 heteroatoms. The average molecular weight is 420 g/mol. The third-order valence-corrected chi connectivity index (χ3v) is 4.67. The van der Waals surface area contributed by atoms with Gasteiger partial charge in [0, 0.05) is 18.2 Å². The molecule has 0 bridgehead atoms. The van der Waals surface area contributed by atoms with E-state index in [2.05, 4.69) is 10.6 Å². The van der Waals surface area contributed by atoms with Gasteiger partial charge in [0.15, 0.2) is 11.5 Å². The lowest BCUT2D eigenvalue weighted by Crippen LogP contribution is -2.34. The highest BCUT2D eigenvalue weighted by molar-refractivity contribution is 6.05. The molecule has 1 heterocycles. The van der Waals surface area contributed by atoms with Gasteiger partial charge in [-0.3, -0.25) is 9.59 Å². The Kier molecular flexibility index (Phi) is 7.11. The van der Waals surface area contributed by atoms with Crippen LogP contribution in [0.3, 0.4) is 0 Å². The fraction of sp³-hybridized carbons (Fsp3) is 0.167. The molecule has 0 saturated carbocycles. The Labute approximate surface area is 180 Å². The predicted octanol–water partition coefficient (Wildman–Crippen LogP) is 3.69. The van der Waals surface area contributed by atoms with E-state index in [0.29, 0.717) is 29.4 Å². The van der Waals surface area contributed by atoms with Crippen LogP contribution in [0.4, 0.5) is 0 Å². The Morgan fingerprint density at radius 2 is 1.77 bits per heavy atom. The highest BCUT2D eigenvalue weighted by Crippen LogP contribution is 2.27. The fourth-order valence-electron chi connectivity index (χ4n) is 2.93. The number of nitrogens with one attached hydrogen (secondary N) is 2. The second-order valence-electron chi connectivity index (χ2n) is 6.71. The first-order chi connectivity index (χ1) is 15.0. The molecule has 160 valence electrons. The second-order valence-corrected chi connectivity index (χ2v) is 6.71. The average Bonchev–Trinajstić information content (AvgIpc) is 3.30. The summed E-state index contributed by atoms with van der Waals surface area (Å²) >= 11 is 0. The Hall–Kier alpha value is -4.00. The van der Waals surface area contributed by atoms with Crippen molar-refractivity contribution >= 4 is 17.9 Å². The van der Waals surface area contributed by atoms with Gasteiger partial charge in [-0.05, 0) is 48.4 Å². The third-order valence-electron chi connectivity index (χ3n) is 4.67. The number of carbonyl (C=O) groups is 2. The van der Waals surface area contributed by atoms with Crippen LogP contribution in [-0.2, 0) is 11.3 Å². The lowest BCUT2D eigenvalue weighted by Gasteiger charge is -2.13. The molecule has 0 aliphatic rings. The highest BCUT2D eigenvalue weighted by atomic mass is 16.5. The summed E-state index contributed by atoms with van der Waals surface area (Å²) in [6.07, 6.45) is 2.97. The van der Waals surface area contributed by atoms with Crippen LogP contribution in [0.2, 0.25) is 0 Å². The Morgan fingerprint density at radius 1 is 1.00 bits per heavy atom. The van der Waals surface area contributed by atoms with Crippen molar-refractivity contribution in [2.24, 2.45) is 0 Å². The van der Waals surface area contributed by atoms with E-state index < -0.39 is 11.8 Å². The number of aryl methyl sites for hydroxylation is 1. The lowest BCUT2D eigenvalue weighted by molar-refractivity contribution is -0.117. The van der Waals surface area contributed by atoms with E-state index in [0.717, 1.165) is 11.1 Å². The van der Waals surface area contributed by atoms with E-state index in [9.17, 15) is 9.59 Å². The molecule has 2 N–H and O–H groups in total. The zero-order chi connectivity index (χ0) is 22.2. The number of hydrogen-bond donors (Lipinski definition) is 2. The molecule has 1 aromatic heterocycles. The first kappa shape index (κ1) is 21.7. The van der Waals surface area contributed by atoms with E-state index in [-0.39, 0.29) is 5.70 Å². The van der Waals surface area contributed by atoms with Crippen molar-refractivity contribution in [3.63, 3.8) is 0 Å². The largest absolute Gasteiger partial charge is 0.493 e. The molecule has 0 atom stereocenters. The second kappa shape index (κ2) is 10.2. The summed E-state index contributed by atoms with van der Waals surface area (Å²) in [6.45, 7) is 2.30. The maximum Gasteiger partial charge on any atom is 0.268 e. The molecule has 0 spiro atoms. The summed E-state index contributed by atoms with van der Waals surface area (Å²) in [5.41, 5.74) is 2.42. The van der Waals surface area contributed by atoms with E-state index >= 15 is 0 Å². The van der Waals surface area contributed by atoms with Crippen molar-refractivity contribution in [3.05, 3.63) is 89.0 Å². The number of ether oxygens (including phenoxy) is 2. The zero-order valence-corrected chi connectivity index (χ0v) is 17.6. The van der Waals surface area contributed by atoms with E-state index in [1.165, 1.54) is 26.6 Å². The lowest BCUT2D eigenvalue weighted by atomic mass is 10.1. The monoisotopic (exact) mass is 420 g/mol. The Morgan fingerprint density at radius 3 is 2.45 bits per heavy atom. The first-order valence-corrected chi connectivity index (χ1v) is 9.63. The Bertz CT molecular complexity index is 1090. The number of hydrogen-bond acceptors (Lipinski definition) is 5. The van der Waals surface area contributed by atoms with Crippen molar-refractivity contribution < 1.29 is 23.5 Å². The first-order valence-electron chi connectivity index (χ1n) is 9.63. The van der Waals surface area contributed by atoms with Crippen LogP contribution < -0.4 is 20.1 Å². The topological polar surface area (TPSA) is 89.8 Å². The minimum Gasteiger partial charge on any atom is -0.493 e. The molecule has 0 saturated heterocycles. The molecular weight excluding hydrogens is 396 g/mol. The molecule has 2 amide bonds. The number of rotatable bonds is 8. The molecule has 31 heavy (non-hydrogen) atoms. The van der Waals surface area contributed by atoms with E-state index in [1.807, 2.05) is 31.2 Å². The van der Waals surface area contributed by atoms with Gasteiger partial charge >= 0.3 is 0 Å². The molecule has 0 aliphatic heterocycles. The van der Waals surface area contributed by atoms with Crippen molar-refractivity contribution in [2.45, 2.75) is 13.5 Å².